The second kappa shape index (κ2) is 6.04. The Morgan fingerprint density at radius 1 is 1.38 bits per heavy atom. The zero-order valence-electron chi connectivity index (χ0n) is 11.7. The van der Waals surface area contributed by atoms with Crippen molar-refractivity contribution in [2.24, 2.45) is 0 Å². The molecule has 0 aliphatic carbocycles. The van der Waals surface area contributed by atoms with E-state index in [9.17, 15) is 5.11 Å². The van der Waals surface area contributed by atoms with E-state index in [1.807, 2.05) is 31.6 Å². The van der Waals surface area contributed by atoms with Gasteiger partial charge >= 0.3 is 0 Å². The molecule has 0 aliphatic heterocycles. The summed E-state index contributed by atoms with van der Waals surface area (Å²) in [6.45, 7) is 14.4. The molecule has 0 fully saturated rings. The summed E-state index contributed by atoms with van der Waals surface area (Å²) < 4.78 is 1.82. The van der Waals surface area contributed by atoms with Gasteiger partial charge in [-0.1, -0.05) is 27.7 Å². The summed E-state index contributed by atoms with van der Waals surface area (Å²) in [7, 11) is 0. The van der Waals surface area contributed by atoms with E-state index >= 15 is 0 Å². The van der Waals surface area contributed by atoms with Crippen molar-refractivity contribution in [3.05, 3.63) is 17.5 Å². The fraction of sp³-hybridized carbons (Fsp3) is 0.769. The van der Waals surface area contributed by atoms with E-state index in [1.54, 1.807) is 13.8 Å². The van der Waals surface area contributed by atoms with Crippen LogP contribution in [0, 0.1) is 6.92 Å². The van der Waals surface area contributed by atoms with Crippen molar-refractivity contribution in [2.45, 2.75) is 66.5 Å². The SMILES string of the molecule is CC.Cc1nn(CC(C)(C)O)cc1C(C)C. The van der Waals surface area contributed by atoms with E-state index < -0.39 is 5.60 Å². The first kappa shape index (κ1) is 15.2. The third-order valence-corrected chi connectivity index (χ3v) is 2.16. The fourth-order valence-corrected chi connectivity index (χ4v) is 1.58. The molecule has 0 amide bonds. The Morgan fingerprint density at radius 3 is 2.19 bits per heavy atom. The van der Waals surface area contributed by atoms with Gasteiger partial charge in [0.2, 0.25) is 0 Å². The molecular formula is C13H26N2O. The van der Waals surface area contributed by atoms with Crippen molar-refractivity contribution in [1.82, 2.24) is 9.78 Å². The van der Waals surface area contributed by atoms with Crippen molar-refractivity contribution >= 4 is 0 Å². The first-order chi connectivity index (χ1) is 7.29. The average molecular weight is 226 g/mol. The number of aliphatic hydroxyl groups is 1. The van der Waals surface area contributed by atoms with Crippen LogP contribution in [-0.4, -0.2) is 20.5 Å². The van der Waals surface area contributed by atoms with Gasteiger partial charge in [0.05, 0.1) is 17.8 Å². The van der Waals surface area contributed by atoms with Crippen LogP contribution in [0.3, 0.4) is 0 Å². The van der Waals surface area contributed by atoms with Gasteiger partial charge in [-0.05, 0) is 32.3 Å². The third kappa shape index (κ3) is 4.79. The van der Waals surface area contributed by atoms with Crippen LogP contribution >= 0.6 is 0 Å². The van der Waals surface area contributed by atoms with E-state index in [2.05, 4.69) is 18.9 Å². The van der Waals surface area contributed by atoms with E-state index in [0.717, 1.165) is 5.69 Å². The maximum atomic E-state index is 9.65. The van der Waals surface area contributed by atoms with Gasteiger partial charge in [0.1, 0.15) is 0 Å². The molecular weight excluding hydrogens is 200 g/mol. The molecule has 1 aromatic heterocycles. The van der Waals surface area contributed by atoms with Gasteiger partial charge in [-0.3, -0.25) is 4.68 Å². The first-order valence-electron chi connectivity index (χ1n) is 6.06. The molecule has 94 valence electrons. The summed E-state index contributed by atoms with van der Waals surface area (Å²) in [4.78, 5) is 0. The number of hydrogen-bond acceptors (Lipinski definition) is 2. The Kier molecular flexibility index (Phi) is 5.73. The third-order valence-electron chi connectivity index (χ3n) is 2.16. The maximum absolute atomic E-state index is 9.65. The van der Waals surface area contributed by atoms with Crippen LogP contribution in [0.2, 0.25) is 0 Å². The molecule has 0 saturated heterocycles. The lowest BCUT2D eigenvalue weighted by molar-refractivity contribution is 0.0576. The van der Waals surface area contributed by atoms with Gasteiger partial charge in [0.25, 0.3) is 0 Å². The molecule has 1 heterocycles. The summed E-state index contributed by atoms with van der Waals surface area (Å²) in [5.74, 6) is 0.491. The van der Waals surface area contributed by atoms with Crippen molar-refractivity contribution in [3.63, 3.8) is 0 Å². The molecule has 0 spiro atoms. The van der Waals surface area contributed by atoms with Gasteiger partial charge < -0.3 is 5.11 Å². The van der Waals surface area contributed by atoms with Crippen LogP contribution in [0.25, 0.3) is 0 Å². The smallest absolute Gasteiger partial charge is 0.0786 e. The normalized spacial score (nSPS) is 11.3. The zero-order chi connectivity index (χ0) is 12.9. The number of nitrogens with zero attached hydrogens (tertiary/aromatic N) is 2. The van der Waals surface area contributed by atoms with Gasteiger partial charge in [-0.15, -0.1) is 0 Å². The molecule has 1 N–H and O–H groups in total. The number of hydrogen-bond donors (Lipinski definition) is 1. The fourth-order valence-electron chi connectivity index (χ4n) is 1.58. The van der Waals surface area contributed by atoms with Crippen molar-refractivity contribution in [2.75, 3.05) is 0 Å². The second-order valence-corrected chi connectivity index (χ2v) is 4.83. The van der Waals surface area contributed by atoms with E-state index in [-0.39, 0.29) is 0 Å². The second-order valence-electron chi connectivity index (χ2n) is 4.83. The molecule has 1 rings (SSSR count). The standard InChI is InChI=1S/C11H20N2O.C2H6/c1-8(2)10-6-13(12-9(10)3)7-11(4,5)14;1-2/h6,8,14H,7H2,1-5H3;1-2H3. The molecule has 16 heavy (non-hydrogen) atoms. The van der Waals surface area contributed by atoms with Crippen LogP contribution in [0.15, 0.2) is 6.20 Å². The van der Waals surface area contributed by atoms with E-state index in [4.69, 9.17) is 0 Å². The molecule has 0 radical (unpaired) electrons. The Hall–Kier alpha value is -0.830. The summed E-state index contributed by atoms with van der Waals surface area (Å²) >= 11 is 0. The maximum Gasteiger partial charge on any atom is 0.0786 e. The zero-order valence-corrected chi connectivity index (χ0v) is 11.7. The van der Waals surface area contributed by atoms with Crippen molar-refractivity contribution in [3.8, 4) is 0 Å². The molecule has 0 saturated carbocycles. The molecule has 0 atom stereocenters. The minimum absolute atomic E-state index is 0.491. The topological polar surface area (TPSA) is 38.0 Å². The Morgan fingerprint density at radius 2 is 1.88 bits per heavy atom. The number of aryl methyl sites for hydroxylation is 1. The van der Waals surface area contributed by atoms with Gasteiger partial charge in [0, 0.05) is 6.20 Å². The molecule has 0 aliphatic rings. The first-order valence-corrected chi connectivity index (χ1v) is 6.06. The Balaban J connectivity index is 0.00000106. The highest BCUT2D eigenvalue weighted by Crippen LogP contribution is 2.18. The van der Waals surface area contributed by atoms with Gasteiger partial charge in [-0.25, -0.2) is 0 Å². The van der Waals surface area contributed by atoms with Crippen LogP contribution < -0.4 is 0 Å². The van der Waals surface area contributed by atoms with Gasteiger partial charge in [0.15, 0.2) is 0 Å². The summed E-state index contributed by atoms with van der Waals surface area (Å²) in [6.07, 6.45) is 2.03. The minimum Gasteiger partial charge on any atom is -0.389 e. The number of rotatable bonds is 3. The Bertz CT molecular complexity index is 308. The van der Waals surface area contributed by atoms with Crippen molar-refractivity contribution in [1.29, 1.82) is 0 Å². The highest BCUT2D eigenvalue weighted by atomic mass is 16.3. The van der Waals surface area contributed by atoms with Crippen LogP contribution in [0.4, 0.5) is 0 Å². The Labute approximate surface area is 99.5 Å². The molecule has 1 aromatic rings. The molecule has 3 heteroatoms. The molecule has 0 aromatic carbocycles. The molecule has 3 nitrogen and oxygen atoms in total. The predicted octanol–water partition coefficient (Wildman–Crippen LogP) is 3.11. The lowest BCUT2D eigenvalue weighted by Gasteiger charge is -2.16. The minimum atomic E-state index is -0.702. The largest absolute Gasteiger partial charge is 0.389 e. The van der Waals surface area contributed by atoms with Crippen LogP contribution in [-0.2, 0) is 6.54 Å². The van der Waals surface area contributed by atoms with Crippen LogP contribution in [0.5, 0.6) is 0 Å². The van der Waals surface area contributed by atoms with E-state index in [0.29, 0.717) is 12.5 Å². The summed E-state index contributed by atoms with van der Waals surface area (Å²) in [5, 5.41) is 14.0. The van der Waals surface area contributed by atoms with Crippen LogP contribution in [0.1, 0.15) is 58.7 Å². The van der Waals surface area contributed by atoms with Gasteiger partial charge in [-0.2, -0.15) is 5.10 Å². The lowest BCUT2D eigenvalue weighted by Crippen LogP contribution is -2.26. The summed E-state index contributed by atoms with van der Waals surface area (Å²) in [5.41, 5.74) is 1.62. The predicted molar refractivity (Wildman–Crippen MR) is 68.7 cm³/mol. The average Bonchev–Trinajstić information content (AvgIpc) is 2.47. The highest BCUT2D eigenvalue weighted by molar-refractivity contribution is 5.19. The summed E-state index contributed by atoms with van der Waals surface area (Å²) in [6, 6.07) is 0. The van der Waals surface area contributed by atoms with Crippen molar-refractivity contribution < 1.29 is 5.11 Å². The quantitative estimate of drug-likeness (QED) is 0.860. The molecule has 0 bridgehead atoms. The van der Waals surface area contributed by atoms with E-state index in [1.165, 1.54) is 5.56 Å². The monoisotopic (exact) mass is 226 g/mol. The number of aromatic nitrogens is 2. The highest BCUT2D eigenvalue weighted by Gasteiger charge is 2.16. The lowest BCUT2D eigenvalue weighted by atomic mass is 10.1. The molecule has 0 unspecified atom stereocenters.